The van der Waals surface area contributed by atoms with E-state index in [9.17, 15) is 12.8 Å². The molecule has 0 aliphatic carbocycles. The molecule has 1 atom stereocenters. The Morgan fingerprint density at radius 3 is 2.78 bits per heavy atom. The van der Waals surface area contributed by atoms with Crippen LogP contribution in [0.3, 0.4) is 0 Å². The van der Waals surface area contributed by atoms with Gasteiger partial charge in [0.05, 0.1) is 12.8 Å². The van der Waals surface area contributed by atoms with Gasteiger partial charge in [-0.05, 0) is 36.6 Å². The lowest BCUT2D eigenvalue weighted by Gasteiger charge is -2.43. The maximum Gasteiger partial charge on any atom is 0.303 e. The summed E-state index contributed by atoms with van der Waals surface area (Å²) in [5.74, 6) is 0.00899. The molecule has 2 aromatic rings. The molecule has 0 saturated carbocycles. The smallest absolute Gasteiger partial charge is 0.303 e. The van der Waals surface area contributed by atoms with E-state index in [2.05, 4.69) is 14.9 Å². The largest absolute Gasteiger partial charge is 0.495 e. The van der Waals surface area contributed by atoms with Crippen LogP contribution in [0.2, 0.25) is 0 Å². The fourth-order valence-corrected chi connectivity index (χ4v) is 5.26. The summed E-state index contributed by atoms with van der Waals surface area (Å²) in [5, 5.41) is 7.48. The van der Waals surface area contributed by atoms with Crippen molar-refractivity contribution in [3.05, 3.63) is 47.5 Å². The third-order valence-corrected chi connectivity index (χ3v) is 7.08. The zero-order chi connectivity index (χ0) is 22.9. The highest BCUT2D eigenvalue weighted by molar-refractivity contribution is 7.90. The molecule has 9 nitrogen and oxygen atoms in total. The molecule has 1 N–H and O–H groups in total. The molecule has 12 heteroatoms. The second-order valence-corrected chi connectivity index (χ2v) is 9.17. The number of methoxy groups -OCH3 is 2. The first-order valence-electron chi connectivity index (χ1n) is 10.1. The Kier molecular flexibility index (Phi) is 6.36. The number of nitrogens with zero attached hydrogens (tertiary/aromatic N) is 4. The molecule has 32 heavy (non-hydrogen) atoms. The highest BCUT2D eigenvalue weighted by Crippen LogP contribution is 2.41. The summed E-state index contributed by atoms with van der Waals surface area (Å²) >= 11 is 0. The first-order chi connectivity index (χ1) is 15.3. The van der Waals surface area contributed by atoms with Crippen LogP contribution in [0.25, 0.3) is 0 Å². The second-order valence-electron chi connectivity index (χ2n) is 7.49. The first kappa shape index (κ1) is 22.5. The average molecular weight is 459 g/mol. The highest BCUT2D eigenvalue weighted by atomic mass is 32.2. The Morgan fingerprint density at radius 2 is 2.09 bits per heavy atom. The molecule has 3 heterocycles. The van der Waals surface area contributed by atoms with Crippen molar-refractivity contribution in [2.24, 2.45) is 0 Å². The van der Waals surface area contributed by atoms with Crippen molar-refractivity contribution < 1.29 is 22.3 Å². The van der Waals surface area contributed by atoms with Gasteiger partial charge in [0.1, 0.15) is 25.6 Å². The Bertz CT molecular complexity index is 1130. The average Bonchev–Trinajstić information content (AvgIpc) is 2.79. The SMILES string of the molecule is [B]c1cc(OC)c(N2C3=C(CCC2OC)CN(S(=O)(=O)Nc2cccnn2)CC3)cc1F. The number of aromatic nitrogens is 2. The standard InChI is InChI=1S/C20H23BFN5O4S/c1-30-18-10-14(21)15(22)11-17(18)27-16-7-9-26(12-13(16)5-6-20(27)31-2)32(28,29)25-19-4-3-8-23-24-19/h3-4,8,10-11,20H,5-7,9,12H2,1-2H3,(H,24,25). The van der Waals surface area contributed by atoms with Crippen LogP contribution < -0.4 is 19.8 Å². The monoisotopic (exact) mass is 459 g/mol. The topological polar surface area (TPSA) is 96.9 Å². The predicted octanol–water partition coefficient (Wildman–Crippen LogP) is 1.31. The molecule has 1 aromatic heterocycles. The van der Waals surface area contributed by atoms with E-state index in [1.165, 1.54) is 35.8 Å². The summed E-state index contributed by atoms with van der Waals surface area (Å²) in [5.41, 5.74) is 2.32. The van der Waals surface area contributed by atoms with Gasteiger partial charge < -0.3 is 14.4 Å². The van der Waals surface area contributed by atoms with Crippen molar-refractivity contribution >= 4 is 35.0 Å². The van der Waals surface area contributed by atoms with Crippen LogP contribution in [0.15, 0.2) is 41.7 Å². The third kappa shape index (κ3) is 4.30. The van der Waals surface area contributed by atoms with Gasteiger partial charge in [-0.3, -0.25) is 4.72 Å². The Balaban J connectivity index is 1.66. The first-order valence-corrected chi connectivity index (χ1v) is 11.5. The molecule has 0 fully saturated rings. The van der Waals surface area contributed by atoms with E-state index in [0.717, 1.165) is 11.3 Å². The van der Waals surface area contributed by atoms with Crippen molar-refractivity contribution in [3.63, 3.8) is 0 Å². The summed E-state index contributed by atoms with van der Waals surface area (Å²) in [4.78, 5) is 1.89. The van der Waals surface area contributed by atoms with Gasteiger partial charge in [-0.2, -0.15) is 17.8 Å². The van der Waals surface area contributed by atoms with E-state index >= 15 is 0 Å². The van der Waals surface area contributed by atoms with Gasteiger partial charge in [0.15, 0.2) is 5.82 Å². The maximum absolute atomic E-state index is 14.4. The zero-order valence-corrected chi connectivity index (χ0v) is 18.6. The molecule has 0 spiro atoms. The number of ether oxygens (including phenoxy) is 2. The second kappa shape index (κ2) is 9.04. The molecule has 2 aliphatic heterocycles. The van der Waals surface area contributed by atoms with E-state index in [4.69, 9.17) is 17.3 Å². The lowest BCUT2D eigenvalue weighted by Crippen LogP contribution is -2.48. The van der Waals surface area contributed by atoms with E-state index in [-0.39, 0.29) is 30.6 Å². The Hall–Kier alpha value is -2.70. The maximum atomic E-state index is 14.4. The minimum Gasteiger partial charge on any atom is -0.495 e. The molecule has 1 aromatic carbocycles. The van der Waals surface area contributed by atoms with Gasteiger partial charge in [0, 0.05) is 44.6 Å². The van der Waals surface area contributed by atoms with Crippen LogP contribution in [-0.4, -0.2) is 64.3 Å². The van der Waals surface area contributed by atoms with Crippen LogP contribution in [0.5, 0.6) is 5.75 Å². The molecular formula is C20H23BFN5O4S. The number of anilines is 2. The summed E-state index contributed by atoms with van der Waals surface area (Å²) in [6, 6.07) is 5.91. The van der Waals surface area contributed by atoms with E-state index in [0.29, 0.717) is 30.7 Å². The van der Waals surface area contributed by atoms with Gasteiger partial charge in [-0.1, -0.05) is 5.46 Å². The Morgan fingerprint density at radius 1 is 1.28 bits per heavy atom. The molecule has 2 aliphatic rings. The normalized spacial score (nSPS) is 19.6. The molecule has 168 valence electrons. The number of halogens is 1. The zero-order valence-electron chi connectivity index (χ0n) is 17.8. The Labute approximate surface area is 187 Å². The minimum absolute atomic E-state index is 0.0122. The highest BCUT2D eigenvalue weighted by Gasteiger charge is 2.37. The number of nitrogens with one attached hydrogen (secondary N) is 1. The number of benzene rings is 1. The number of hydrogen-bond donors (Lipinski definition) is 1. The molecule has 0 amide bonds. The number of rotatable bonds is 6. The minimum atomic E-state index is -3.82. The fraction of sp³-hybridized carbons (Fsp3) is 0.400. The van der Waals surface area contributed by atoms with E-state index in [1.807, 2.05) is 4.90 Å². The van der Waals surface area contributed by atoms with Crippen LogP contribution in [-0.2, 0) is 14.9 Å². The van der Waals surface area contributed by atoms with Gasteiger partial charge >= 0.3 is 10.2 Å². The third-order valence-electron chi connectivity index (χ3n) is 5.62. The van der Waals surface area contributed by atoms with Crippen molar-refractivity contribution in [2.45, 2.75) is 25.5 Å². The quantitative estimate of drug-likeness (QED) is 0.651. The van der Waals surface area contributed by atoms with Crippen LogP contribution in [0, 0.1) is 5.82 Å². The van der Waals surface area contributed by atoms with Crippen LogP contribution >= 0.6 is 0 Å². The van der Waals surface area contributed by atoms with Crippen molar-refractivity contribution in [1.82, 2.24) is 14.5 Å². The van der Waals surface area contributed by atoms with Crippen LogP contribution in [0.1, 0.15) is 19.3 Å². The molecule has 4 rings (SSSR count). The van der Waals surface area contributed by atoms with Crippen LogP contribution in [0.4, 0.5) is 15.9 Å². The summed E-state index contributed by atoms with van der Waals surface area (Å²) in [6.45, 7) is 0.443. The van der Waals surface area contributed by atoms with Crippen molar-refractivity contribution in [1.29, 1.82) is 0 Å². The lowest BCUT2D eigenvalue weighted by atomic mass is 9.92. The van der Waals surface area contributed by atoms with Gasteiger partial charge in [-0.25, -0.2) is 4.39 Å². The van der Waals surface area contributed by atoms with Crippen molar-refractivity contribution in [3.8, 4) is 5.75 Å². The summed E-state index contributed by atoms with van der Waals surface area (Å²) in [6.07, 6.45) is 2.81. The van der Waals surface area contributed by atoms with Gasteiger partial charge in [-0.15, -0.1) is 5.10 Å². The summed E-state index contributed by atoms with van der Waals surface area (Å²) in [7, 11) is 4.98. The van der Waals surface area contributed by atoms with E-state index in [1.54, 1.807) is 13.2 Å². The van der Waals surface area contributed by atoms with Gasteiger partial charge in [0.2, 0.25) is 0 Å². The fourth-order valence-electron chi connectivity index (χ4n) is 4.10. The summed E-state index contributed by atoms with van der Waals surface area (Å²) < 4.78 is 55.1. The van der Waals surface area contributed by atoms with E-state index < -0.39 is 16.0 Å². The molecule has 0 bridgehead atoms. The molecule has 1 unspecified atom stereocenters. The van der Waals surface area contributed by atoms with Gasteiger partial charge in [0.25, 0.3) is 0 Å². The predicted molar refractivity (Wildman–Crippen MR) is 119 cm³/mol. The molecule has 2 radical (unpaired) electrons. The lowest BCUT2D eigenvalue weighted by molar-refractivity contribution is 0.0894. The van der Waals surface area contributed by atoms with Crippen molar-refractivity contribution in [2.75, 3.05) is 36.9 Å². The molecule has 0 saturated heterocycles. The number of hydrogen-bond acceptors (Lipinski definition) is 7. The molecular weight excluding hydrogens is 436 g/mol.